The van der Waals surface area contributed by atoms with Crippen molar-refractivity contribution in [1.29, 1.82) is 0 Å². The van der Waals surface area contributed by atoms with E-state index >= 15 is 0 Å². The van der Waals surface area contributed by atoms with Gasteiger partial charge >= 0.3 is 0 Å². The van der Waals surface area contributed by atoms with Crippen LogP contribution < -0.4 is 5.73 Å². The number of carbonyl (C=O) groups is 1. The first-order chi connectivity index (χ1) is 7.97. The molecule has 0 saturated heterocycles. The van der Waals surface area contributed by atoms with Gasteiger partial charge in [0.2, 0.25) is 5.91 Å². The normalized spacial score (nSPS) is 14.1. The van der Waals surface area contributed by atoms with Crippen molar-refractivity contribution < 1.29 is 9.90 Å². The molecule has 0 aliphatic heterocycles. The van der Waals surface area contributed by atoms with Gasteiger partial charge in [-0.05, 0) is 31.5 Å². The molecule has 4 heteroatoms. The second-order valence-corrected chi connectivity index (χ2v) is 4.37. The average Bonchev–Trinajstić information content (AvgIpc) is 2.35. The Kier molecular flexibility index (Phi) is 4.52. The van der Waals surface area contributed by atoms with Gasteiger partial charge in [-0.25, -0.2) is 0 Å². The van der Waals surface area contributed by atoms with Gasteiger partial charge in [0.15, 0.2) is 0 Å². The largest absolute Gasteiger partial charge is 0.399 e. The molecule has 0 fully saturated rings. The zero-order chi connectivity index (χ0) is 13.0. The number of aliphatic hydroxyl groups excluding tert-OH is 1. The second kappa shape index (κ2) is 5.68. The maximum atomic E-state index is 12.1. The van der Waals surface area contributed by atoms with E-state index in [-0.39, 0.29) is 24.5 Å². The predicted molar refractivity (Wildman–Crippen MR) is 68.6 cm³/mol. The molecular formula is C13H20N2O2. The van der Waals surface area contributed by atoms with Gasteiger partial charge in [0.25, 0.3) is 0 Å². The molecule has 1 aromatic carbocycles. The maximum absolute atomic E-state index is 12.1. The van der Waals surface area contributed by atoms with Crippen molar-refractivity contribution >= 4 is 11.6 Å². The first-order valence-corrected chi connectivity index (χ1v) is 5.70. The van der Waals surface area contributed by atoms with Crippen molar-refractivity contribution in [3.05, 3.63) is 29.8 Å². The van der Waals surface area contributed by atoms with E-state index in [1.807, 2.05) is 26.0 Å². The molecule has 0 bridgehead atoms. The molecule has 0 spiro atoms. The zero-order valence-electron chi connectivity index (χ0n) is 10.6. The summed E-state index contributed by atoms with van der Waals surface area (Å²) in [5.41, 5.74) is 7.24. The Morgan fingerprint density at radius 2 is 2.12 bits per heavy atom. The fourth-order valence-electron chi connectivity index (χ4n) is 1.62. The molecule has 94 valence electrons. The fraction of sp³-hybridized carbons (Fsp3) is 0.462. The number of benzene rings is 1. The SMILES string of the molecule is CC(C(=O)N(C)C(C)CO)c1cccc(N)c1. The van der Waals surface area contributed by atoms with Crippen LogP contribution in [0.25, 0.3) is 0 Å². The van der Waals surface area contributed by atoms with Gasteiger partial charge in [0.05, 0.1) is 18.6 Å². The molecule has 4 nitrogen and oxygen atoms in total. The van der Waals surface area contributed by atoms with E-state index in [1.54, 1.807) is 24.1 Å². The molecule has 0 saturated carbocycles. The highest BCUT2D eigenvalue weighted by atomic mass is 16.3. The van der Waals surface area contributed by atoms with Crippen LogP contribution in [0.15, 0.2) is 24.3 Å². The van der Waals surface area contributed by atoms with Crippen LogP contribution in [0.4, 0.5) is 5.69 Å². The summed E-state index contributed by atoms with van der Waals surface area (Å²) in [6.45, 7) is 3.62. The van der Waals surface area contributed by atoms with E-state index in [0.717, 1.165) is 5.56 Å². The predicted octanol–water partition coefficient (Wildman–Crippen LogP) is 1.21. The summed E-state index contributed by atoms with van der Waals surface area (Å²) in [6, 6.07) is 7.15. The van der Waals surface area contributed by atoms with Crippen LogP contribution in [0.2, 0.25) is 0 Å². The smallest absolute Gasteiger partial charge is 0.229 e. The van der Waals surface area contributed by atoms with Crippen molar-refractivity contribution in [2.45, 2.75) is 25.8 Å². The van der Waals surface area contributed by atoms with E-state index in [1.165, 1.54) is 0 Å². The number of hydrogen-bond donors (Lipinski definition) is 2. The van der Waals surface area contributed by atoms with E-state index in [9.17, 15) is 4.79 Å². The summed E-state index contributed by atoms with van der Waals surface area (Å²) < 4.78 is 0. The number of aliphatic hydroxyl groups is 1. The third kappa shape index (κ3) is 3.20. The molecule has 1 aromatic rings. The van der Waals surface area contributed by atoms with Crippen LogP contribution >= 0.6 is 0 Å². The van der Waals surface area contributed by atoms with E-state index in [0.29, 0.717) is 5.69 Å². The Morgan fingerprint density at radius 1 is 1.47 bits per heavy atom. The molecule has 0 heterocycles. The quantitative estimate of drug-likeness (QED) is 0.772. The van der Waals surface area contributed by atoms with Crippen LogP contribution in [0.1, 0.15) is 25.3 Å². The van der Waals surface area contributed by atoms with Crippen molar-refractivity contribution in [3.8, 4) is 0 Å². The molecular weight excluding hydrogens is 216 g/mol. The minimum absolute atomic E-state index is 0.0165. The van der Waals surface area contributed by atoms with Gasteiger partial charge in [0, 0.05) is 12.7 Å². The van der Waals surface area contributed by atoms with Crippen molar-refractivity contribution in [1.82, 2.24) is 4.90 Å². The molecule has 3 N–H and O–H groups in total. The molecule has 0 aliphatic carbocycles. The summed E-state index contributed by atoms with van der Waals surface area (Å²) >= 11 is 0. The minimum atomic E-state index is -0.252. The van der Waals surface area contributed by atoms with Crippen LogP contribution in [0.3, 0.4) is 0 Å². The van der Waals surface area contributed by atoms with Gasteiger partial charge in [-0.3, -0.25) is 4.79 Å². The summed E-state index contributed by atoms with van der Waals surface area (Å²) in [4.78, 5) is 13.7. The lowest BCUT2D eigenvalue weighted by Crippen LogP contribution is -2.39. The highest BCUT2D eigenvalue weighted by molar-refractivity contribution is 5.83. The molecule has 1 amide bonds. The number of carbonyl (C=O) groups excluding carboxylic acids is 1. The van der Waals surface area contributed by atoms with Gasteiger partial charge in [-0.2, -0.15) is 0 Å². The highest BCUT2D eigenvalue weighted by Gasteiger charge is 2.22. The van der Waals surface area contributed by atoms with E-state index in [2.05, 4.69) is 0 Å². The molecule has 0 aromatic heterocycles. The topological polar surface area (TPSA) is 66.6 Å². The summed E-state index contributed by atoms with van der Waals surface area (Å²) in [5.74, 6) is -0.269. The first-order valence-electron chi connectivity index (χ1n) is 5.70. The summed E-state index contributed by atoms with van der Waals surface area (Å²) in [5, 5.41) is 9.04. The van der Waals surface area contributed by atoms with Crippen molar-refractivity contribution in [2.75, 3.05) is 19.4 Å². The number of nitrogens with zero attached hydrogens (tertiary/aromatic N) is 1. The number of anilines is 1. The summed E-state index contributed by atoms with van der Waals surface area (Å²) in [6.07, 6.45) is 0. The Hall–Kier alpha value is -1.55. The zero-order valence-corrected chi connectivity index (χ0v) is 10.6. The number of nitrogens with two attached hydrogens (primary N) is 1. The third-order valence-corrected chi connectivity index (χ3v) is 3.05. The number of amides is 1. The molecule has 2 unspecified atom stereocenters. The Morgan fingerprint density at radius 3 is 2.65 bits per heavy atom. The van der Waals surface area contributed by atoms with Crippen molar-refractivity contribution in [3.63, 3.8) is 0 Å². The lowest BCUT2D eigenvalue weighted by molar-refractivity contribution is -0.133. The van der Waals surface area contributed by atoms with Crippen LogP contribution in [0, 0.1) is 0 Å². The lowest BCUT2D eigenvalue weighted by Gasteiger charge is -2.26. The highest BCUT2D eigenvalue weighted by Crippen LogP contribution is 2.20. The molecule has 17 heavy (non-hydrogen) atoms. The third-order valence-electron chi connectivity index (χ3n) is 3.05. The van der Waals surface area contributed by atoms with Gasteiger partial charge in [-0.15, -0.1) is 0 Å². The van der Waals surface area contributed by atoms with E-state index in [4.69, 9.17) is 10.8 Å². The lowest BCUT2D eigenvalue weighted by atomic mass is 9.99. The Labute approximate surface area is 102 Å². The van der Waals surface area contributed by atoms with Crippen LogP contribution in [-0.4, -0.2) is 35.6 Å². The monoisotopic (exact) mass is 236 g/mol. The van der Waals surface area contributed by atoms with Gasteiger partial charge in [0.1, 0.15) is 0 Å². The molecule has 2 atom stereocenters. The number of rotatable bonds is 4. The molecule has 1 rings (SSSR count). The van der Waals surface area contributed by atoms with Crippen molar-refractivity contribution in [2.24, 2.45) is 0 Å². The summed E-state index contributed by atoms with van der Waals surface area (Å²) in [7, 11) is 1.70. The maximum Gasteiger partial charge on any atom is 0.229 e. The second-order valence-electron chi connectivity index (χ2n) is 4.37. The Balaban J connectivity index is 2.83. The number of nitrogen functional groups attached to an aromatic ring is 1. The average molecular weight is 236 g/mol. The van der Waals surface area contributed by atoms with Crippen LogP contribution in [0.5, 0.6) is 0 Å². The van der Waals surface area contributed by atoms with E-state index < -0.39 is 0 Å². The fourth-order valence-corrected chi connectivity index (χ4v) is 1.62. The Bertz CT molecular complexity index is 393. The van der Waals surface area contributed by atoms with Crippen LogP contribution in [-0.2, 0) is 4.79 Å². The number of hydrogen-bond acceptors (Lipinski definition) is 3. The molecule has 0 aliphatic rings. The number of likely N-dealkylation sites (N-methyl/N-ethyl adjacent to an activating group) is 1. The van der Waals surface area contributed by atoms with Gasteiger partial charge < -0.3 is 15.7 Å². The minimum Gasteiger partial charge on any atom is -0.399 e. The van der Waals surface area contributed by atoms with Gasteiger partial charge in [-0.1, -0.05) is 12.1 Å². The standard InChI is InChI=1S/C13H20N2O2/c1-9(8-16)15(3)13(17)10(2)11-5-4-6-12(14)7-11/h4-7,9-10,16H,8,14H2,1-3H3. The first kappa shape index (κ1) is 13.5. The molecule has 0 radical (unpaired) electrons.